The molecule has 0 spiro atoms. The van der Waals surface area contributed by atoms with E-state index in [4.69, 9.17) is 10.5 Å². The number of amides is 2. The summed E-state index contributed by atoms with van der Waals surface area (Å²) in [5.41, 5.74) is 5.88. The SMILES string of the molecule is CCCCn1c(N)c(N(CCC(C)C)CC2=C(C(=O)OCC)CNC(=O)N2)c(=O)[nH]c1=O. The average Bonchev–Trinajstić information content (AvgIpc) is 2.71. The summed E-state index contributed by atoms with van der Waals surface area (Å²) in [6.07, 6.45) is 2.30. The van der Waals surface area contributed by atoms with E-state index in [2.05, 4.69) is 15.6 Å². The normalized spacial score (nSPS) is 13.7. The van der Waals surface area contributed by atoms with E-state index in [-0.39, 0.29) is 36.8 Å². The molecule has 1 aromatic heterocycles. The van der Waals surface area contributed by atoms with Crippen LogP contribution in [0.1, 0.15) is 47.0 Å². The molecule has 11 nitrogen and oxygen atoms in total. The Bertz CT molecular complexity index is 978. The van der Waals surface area contributed by atoms with Crippen LogP contribution in [0.4, 0.5) is 16.3 Å². The molecule has 178 valence electrons. The number of hydrogen-bond acceptors (Lipinski definition) is 7. The van der Waals surface area contributed by atoms with Crippen LogP contribution in [0.5, 0.6) is 0 Å². The lowest BCUT2D eigenvalue weighted by atomic mass is 10.1. The van der Waals surface area contributed by atoms with E-state index < -0.39 is 23.2 Å². The number of nitrogens with one attached hydrogen (secondary N) is 3. The molecule has 2 heterocycles. The van der Waals surface area contributed by atoms with E-state index >= 15 is 0 Å². The minimum atomic E-state index is -0.609. The van der Waals surface area contributed by atoms with Gasteiger partial charge in [-0.25, -0.2) is 14.4 Å². The number of nitrogens with zero attached hydrogens (tertiary/aromatic N) is 2. The van der Waals surface area contributed by atoms with Crippen LogP contribution in [-0.2, 0) is 16.1 Å². The summed E-state index contributed by atoms with van der Waals surface area (Å²) in [5.74, 6) is -0.159. The highest BCUT2D eigenvalue weighted by Crippen LogP contribution is 2.21. The summed E-state index contributed by atoms with van der Waals surface area (Å²) in [6.45, 7) is 8.84. The molecule has 11 heteroatoms. The van der Waals surface area contributed by atoms with Gasteiger partial charge in [-0.15, -0.1) is 0 Å². The van der Waals surface area contributed by atoms with Crippen LogP contribution in [-0.4, -0.2) is 47.8 Å². The van der Waals surface area contributed by atoms with E-state index in [1.807, 2.05) is 20.8 Å². The summed E-state index contributed by atoms with van der Waals surface area (Å²) in [5, 5.41) is 5.22. The van der Waals surface area contributed by atoms with Gasteiger partial charge in [-0.1, -0.05) is 27.2 Å². The largest absolute Gasteiger partial charge is 0.463 e. The smallest absolute Gasteiger partial charge is 0.337 e. The molecule has 1 aliphatic rings. The number of ether oxygens (including phenoxy) is 1. The number of nitrogen functional groups attached to an aromatic ring is 1. The number of carbonyl (C=O) groups excluding carboxylic acids is 2. The van der Waals surface area contributed by atoms with Gasteiger partial charge in [-0.3, -0.25) is 14.3 Å². The third-order valence-electron chi connectivity index (χ3n) is 5.17. The zero-order valence-electron chi connectivity index (χ0n) is 19.2. The Morgan fingerprint density at radius 2 is 1.97 bits per heavy atom. The molecule has 0 radical (unpaired) electrons. The first kappa shape index (κ1) is 25.0. The van der Waals surface area contributed by atoms with Crippen LogP contribution in [0.2, 0.25) is 0 Å². The fourth-order valence-corrected chi connectivity index (χ4v) is 3.38. The number of aromatic nitrogens is 2. The number of urea groups is 1. The summed E-state index contributed by atoms with van der Waals surface area (Å²) >= 11 is 0. The van der Waals surface area contributed by atoms with Crippen LogP contribution in [0, 0.1) is 5.92 Å². The zero-order valence-corrected chi connectivity index (χ0v) is 19.2. The van der Waals surface area contributed by atoms with Crippen molar-refractivity contribution in [3.05, 3.63) is 32.1 Å². The zero-order chi connectivity index (χ0) is 23.8. The van der Waals surface area contributed by atoms with Crippen molar-refractivity contribution >= 4 is 23.5 Å². The van der Waals surface area contributed by atoms with Crippen molar-refractivity contribution in [3.8, 4) is 0 Å². The Morgan fingerprint density at radius 1 is 1.25 bits per heavy atom. The topological polar surface area (TPSA) is 152 Å². The number of rotatable bonds is 11. The summed E-state index contributed by atoms with van der Waals surface area (Å²) in [7, 11) is 0. The lowest BCUT2D eigenvalue weighted by Gasteiger charge is -2.30. The molecule has 0 fully saturated rings. The van der Waals surface area contributed by atoms with Gasteiger partial charge in [-0.2, -0.15) is 0 Å². The van der Waals surface area contributed by atoms with Crippen LogP contribution in [0.3, 0.4) is 0 Å². The number of nitrogens with two attached hydrogens (primary N) is 1. The van der Waals surface area contributed by atoms with Gasteiger partial charge in [0.15, 0.2) is 0 Å². The first-order valence-electron chi connectivity index (χ1n) is 11.0. The molecular weight excluding hydrogens is 416 g/mol. The number of unbranched alkanes of at least 4 members (excludes halogenated alkanes) is 1. The monoisotopic (exact) mass is 450 g/mol. The minimum Gasteiger partial charge on any atom is -0.463 e. The van der Waals surface area contributed by atoms with Crippen molar-refractivity contribution in [2.24, 2.45) is 5.92 Å². The molecule has 2 amide bonds. The molecule has 0 saturated heterocycles. The fourth-order valence-electron chi connectivity index (χ4n) is 3.38. The number of H-pyrrole nitrogens is 1. The summed E-state index contributed by atoms with van der Waals surface area (Å²) in [6, 6.07) is -0.452. The van der Waals surface area contributed by atoms with E-state index in [9.17, 15) is 19.2 Å². The number of hydrogen-bond donors (Lipinski definition) is 4. The van der Waals surface area contributed by atoms with E-state index in [0.717, 1.165) is 19.3 Å². The Labute approximate surface area is 187 Å². The summed E-state index contributed by atoms with van der Waals surface area (Å²) in [4.78, 5) is 53.6. The standard InChI is InChI=1S/C21H34N6O5/c1-5-7-9-27-17(22)16(18(28)25-21(27)31)26(10-8-13(3)4)12-15-14(19(29)32-6-2)11-23-20(30)24-15/h13H,5-12,22H2,1-4H3,(H2,23,24,30)(H,25,28,31). The lowest BCUT2D eigenvalue weighted by molar-refractivity contribution is -0.138. The Hall–Kier alpha value is -3.24. The van der Waals surface area contributed by atoms with E-state index in [0.29, 0.717) is 24.7 Å². The van der Waals surface area contributed by atoms with E-state index in [1.165, 1.54) is 4.57 Å². The maximum Gasteiger partial charge on any atom is 0.337 e. The van der Waals surface area contributed by atoms with Gasteiger partial charge in [-0.05, 0) is 25.7 Å². The predicted octanol–water partition coefficient (Wildman–Crippen LogP) is 0.901. The summed E-state index contributed by atoms with van der Waals surface area (Å²) < 4.78 is 6.47. The molecule has 0 unspecified atom stereocenters. The van der Waals surface area contributed by atoms with Crippen molar-refractivity contribution in [2.45, 2.75) is 53.5 Å². The van der Waals surface area contributed by atoms with Crippen molar-refractivity contribution in [3.63, 3.8) is 0 Å². The Balaban J connectivity index is 2.55. The third-order valence-corrected chi connectivity index (χ3v) is 5.17. The number of aromatic amines is 1. The van der Waals surface area contributed by atoms with Crippen LogP contribution in [0.25, 0.3) is 0 Å². The maximum atomic E-state index is 12.8. The second kappa shape index (κ2) is 11.4. The average molecular weight is 451 g/mol. The van der Waals surface area contributed by atoms with E-state index in [1.54, 1.807) is 11.8 Å². The van der Waals surface area contributed by atoms with Crippen molar-refractivity contribution in [1.29, 1.82) is 0 Å². The molecule has 0 bridgehead atoms. The van der Waals surface area contributed by atoms with Gasteiger partial charge < -0.3 is 26.0 Å². The molecule has 0 atom stereocenters. The van der Waals surface area contributed by atoms with Gasteiger partial charge in [0.05, 0.1) is 31.0 Å². The number of anilines is 2. The Kier molecular flexibility index (Phi) is 8.91. The lowest BCUT2D eigenvalue weighted by Crippen LogP contribution is -2.48. The molecule has 1 aliphatic heterocycles. The van der Waals surface area contributed by atoms with Crippen molar-refractivity contribution < 1.29 is 14.3 Å². The molecule has 0 aliphatic carbocycles. The van der Waals surface area contributed by atoms with Crippen LogP contribution < -0.4 is 32.5 Å². The van der Waals surface area contributed by atoms with Crippen LogP contribution >= 0.6 is 0 Å². The van der Waals surface area contributed by atoms with Gasteiger partial charge in [0.2, 0.25) is 0 Å². The second-order valence-corrected chi connectivity index (χ2v) is 8.09. The molecule has 0 saturated carbocycles. The number of carbonyl (C=O) groups is 2. The molecule has 5 N–H and O–H groups in total. The molecule has 1 aromatic rings. The maximum absolute atomic E-state index is 12.8. The predicted molar refractivity (Wildman–Crippen MR) is 123 cm³/mol. The highest BCUT2D eigenvalue weighted by Gasteiger charge is 2.27. The highest BCUT2D eigenvalue weighted by atomic mass is 16.5. The van der Waals surface area contributed by atoms with Gasteiger partial charge in [0.1, 0.15) is 11.5 Å². The second-order valence-electron chi connectivity index (χ2n) is 8.09. The van der Waals surface area contributed by atoms with Crippen molar-refractivity contribution in [2.75, 3.05) is 36.9 Å². The molecule has 2 rings (SSSR count). The number of esters is 1. The minimum absolute atomic E-state index is 0.0137. The Morgan fingerprint density at radius 3 is 2.59 bits per heavy atom. The quantitative estimate of drug-likeness (QED) is 0.366. The first-order chi connectivity index (χ1) is 15.2. The van der Waals surface area contributed by atoms with Gasteiger partial charge in [0.25, 0.3) is 5.56 Å². The van der Waals surface area contributed by atoms with Gasteiger partial charge >= 0.3 is 17.7 Å². The van der Waals surface area contributed by atoms with Crippen molar-refractivity contribution in [1.82, 2.24) is 20.2 Å². The fraction of sp³-hybridized carbons (Fsp3) is 0.619. The molecule has 32 heavy (non-hydrogen) atoms. The molecular formula is C21H34N6O5. The molecule has 0 aromatic carbocycles. The van der Waals surface area contributed by atoms with Gasteiger partial charge in [0, 0.05) is 13.1 Å². The highest BCUT2D eigenvalue weighted by molar-refractivity contribution is 5.94. The third kappa shape index (κ3) is 6.14. The first-order valence-corrected chi connectivity index (χ1v) is 11.0. The van der Waals surface area contributed by atoms with Crippen LogP contribution in [0.15, 0.2) is 20.9 Å².